The number of ether oxygens (including phenoxy) is 1. The molecule has 1 fully saturated rings. The molecule has 0 amide bonds. The normalized spacial score (nSPS) is 18.1. The van der Waals surface area contributed by atoms with Crippen molar-refractivity contribution in [1.82, 2.24) is 4.31 Å². The van der Waals surface area contributed by atoms with Crippen LogP contribution in [0.2, 0.25) is 0 Å². The molecule has 9 heteroatoms. The van der Waals surface area contributed by atoms with E-state index in [1.54, 1.807) is 6.92 Å². The Labute approximate surface area is 122 Å². The van der Waals surface area contributed by atoms with Crippen molar-refractivity contribution < 1.29 is 21.6 Å². The number of morpholine rings is 1. The highest BCUT2D eigenvalue weighted by molar-refractivity contribution is 8.13. The predicted molar refractivity (Wildman–Crippen MR) is 73.8 cm³/mol. The average molecular weight is 340 g/mol. The molecule has 20 heavy (non-hydrogen) atoms. The predicted octanol–water partition coefficient (Wildman–Crippen LogP) is 0.943. The summed E-state index contributed by atoms with van der Waals surface area (Å²) in [6.07, 6.45) is 0. The second kappa shape index (κ2) is 5.61. The van der Waals surface area contributed by atoms with Crippen LogP contribution in [0.5, 0.6) is 0 Å². The fraction of sp³-hybridized carbons (Fsp3) is 0.455. The highest BCUT2D eigenvalue weighted by Gasteiger charge is 2.28. The van der Waals surface area contributed by atoms with E-state index in [1.807, 2.05) is 0 Å². The molecule has 1 aliphatic rings. The number of halogens is 1. The molecule has 0 spiro atoms. The van der Waals surface area contributed by atoms with Crippen molar-refractivity contribution in [3.63, 3.8) is 0 Å². The molecular weight excluding hydrogens is 326 g/mol. The maximum atomic E-state index is 12.5. The SMILES string of the molecule is Cc1ccc(S(=O)(=O)Cl)cc1S(=O)(=O)N1CCOCC1. The van der Waals surface area contributed by atoms with Crippen LogP contribution in [-0.2, 0) is 23.8 Å². The minimum Gasteiger partial charge on any atom is -0.379 e. The van der Waals surface area contributed by atoms with E-state index in [4.69, 9.17) is 15.4 Å². The lowest BCUT2D eigenvalue weighted by Gasteiger charge is -2.26. The lowest BCUT2D eigenvalue weighted by Crippen LogP contribution is -2.40. The van der Waals surface area contributed by atoms with Crippen molar-refractivity contribution >= 4 is 29.8 Å². The molecule has 1 aromatic rings. The summed E-state index contributed by atoms with van der Waals surface area (Å²) in [5.41, 5.74) is 0.473. The van der Waals surface area contributed by atoms with E-state index in [0.29, 0.717) is 18.8 Å². The molecule has 0 unspecified atom stereocenters. The van der Waals surface area contributed by atoms with Crippen LogP contribution in [0.15, 0.2) is 28.0 Å². The molecule has 0 bridgehead atoms. The quantitative estimate of drug-likeness (QED) is 0.766. The molecule has 0 atom stereocenters. The Morgan fingerprint density at radius 3 is 2.30 bits per heavy atom. The highest BCUT2D eigenvalue weighted by Crippen LogP contribution is 2.25. The molecule has 1 aromatic carbocycles. The van der Waals surface area contributed by atoms with Crippen molar-refractivity contribution in [1.29, 1.82) is 0 Å². The van der Waals surface area contributed by atoms with E-state index < -0.39 is 19.1 Å². The Kier molecular flexibility index (Phi) is 4.41. The summed E-state index contributed by atoms with van der Waals surface area (Å²) in [7, 11) is -2.45. The van der Waals surface area contributed by atoms with Gasteiger partial charge in [-0.15, -0.1) is 0 Å². The van der Waals surface area contributed by atoms with Gasteiger partial charge in [0.2, 0.25) is 10.0 Å². The van der Waals surface area contributed by atoms with Gasteiger partial charge in [0.15, 0.2) is 0 Å². The zero-order valence-corrected chi connectivity index (χ0v) is 13.1. The van der Waals surface area contributed by atoms with E-state index in [9.17, 15) is 16.8 Å². The first-order chi connectivity index (χ1) is 9.23. The number of hydrogen-bond acceptors (Lipinski definition) is 5. The molecule has 1 saturated heterocycles. The standard InChI is InChI=1S/C11H14ClNO5S2/c1-9-2-3-10(19(12,14)15)8-11(9)20(16,17)13-4-6-18-7-5-13/h2-3,8H,4-7H2,1H3. The first-order valence-electron chi connectivity index (χ1n) is 5.86. The van der Waals surface area contributed by atoms with Crippen molar-refractivity contribution in [2.45, 2.75) is 16.7 Å². The van der Waals surface area contributed by atoms with Crippen LogP contribution in [0.3, 0.4) is 0 Å². The van der Waals surface area contributed by atoms with Crippen LogP contribution in [0.25, 0.3) is 0 Å². The van der Waals surface area contributed by atoms with Gasteiger partial charge in [0.05, 0.1) is 23.0 Å². The van der Waals surface area contributed by atoms with E-state index in [2.05, 4.69) is 0 Å². The summed E-state index contributed by atoms with van der Waals surface area (Å²) in [5.74, 6) is 0. The van der Waals surface area contributed by atoms with Crippen LogP contribution in [0.4, 0.5) is 0 Å². The Balaban J connectivity index is 2.50. The Morgan fingerprint density at radius 2 is 1.75 bits per heavy atom. The second-order valence-corrected chi connectivity index (χ2v) is 8.85. The zero-order chi connectivity index (χ0) is 15.0. The first kappa shape index (κ1) is 15.7. The highest BCUT2D eigenvalue weighted by atomic mass is 35.7. The van der Waals surface area contributed by atoms with Crippen LogP contribution in [0, 0.1) is 6.92 Å². The molecule has 1 aliphatic heterocycles. The molecule has 1 heterocycles. The summed E-state index contributed by atoms with van der Waals surface area (Å²) >= 11 is 0. The van der Waals surface area contributed by atoms with E-state index in [0.717, 1.165) is 6.07 Å². The van der Waals surface area contributed by atoms with E-state index in [-0.39, 0.29) is 22.9 Å². The Bertz CT molecular complexity index is 708. The number of sulfonamides is 1. The lowest BCUT2D eigenvalue weighted by molar-refractivity contribution is 0.0730. The summed E-state index contributed by atoms with van der Waals surface area (Å²) in [5, 5.41) is 0. The molecule has 6 nitrogen and oxygen atoms in total. The molecule has 0 aromatic heterocycles. The fourth-order valence-corrected chi connectivity index (χ4v) is 4.45. The molecular formula is C11H14ClNO5S2. The Hall–Kier alpha value is -0.670. The molecule has 0 saturated carbocycles. The Morgan fingerprint density at radius 1 is 1.15 bits per heavy atom. The maximum absolute atomic E-state index is 12.5. The largest absolute Gasteiger partial charge is 0.379 e. The topological polar surface area (TPSA) is 80.8 Å². The maximum Gasteiger partial charge on any atom is 0.261 e. The minimum absolute atomic E-state index is 0.0406. The molecule has 0 aliphatic carbocycles. The van der Waals surface area contributed by atoms with Gasteiger partial charge in [0.25, 0.3) is 9.05 Å². The van der Waals surface area contributed by atoms with Gasteiger partial charge in [-0.2, -0.15) is 4.31 Å². The smallest absolute Gasteiger partial charge is 0.261 e. The van der Waals surface area contributed by atoms with E-state index in [1.165, 1.54) is 16.4 Å². The van der Waals surface area contributed by atoms with Crippen molar-refractivity contribution in [3.05, 3.63) is 23.8 Å². The fourth-order valence-electron chi connectivity index (χ4n) is 1.94. The number of hydrogen-bond donors (Lipinski definition) is 0. The van der Waals surface area contributed by atoms with Crippen molar-refractivity contribution in [3.8, 4) is 0 Å². The van der Waals surface area contributed by atoms with Crippen LogP contribution in [-0.4, -0.2) is 47.4 Å². The van der Waals surface area contributed by atoms with Gasteiger partial charge in [-0.25, -0.2) is 16.8 Å². The molecule has 0 N–H and O–H groups in total. The third-order valence-corrected chi connectivity index (χ3v) is 6.42. The third kappa shape index (κ3) is 3.15. The van der Waals surface area contributed by atoms with Gasteiger partial charge in [-0.3, -0.25) is 0 Å². The van der Waals surface area contributed by atoms with Gasteiger partial charge < -0.3 is 4.74 Å². The van der Waals surface area contributed by atoms with E-state index >= 15 is 0 Å². The molecule has 0 radical (unpaired) electrons. The van der Waals surface area contributed by atoms with Crippen LogP contribution >= 0.6 is 10.7 Å². The number of benzene rings is 1. The summed E-state index contributed by atoms with van der Waals surface area (Å²) < 4.78 is 54.1. The van der Waals surface area contributed by atoms with Crippen molar-refractivity contribution in [2.75, 3.05) is 26.3 Å². The van der Waals surface area contributed by atoms with Gasteiger partial charge in [-0.1, -0.05) is 6.07 Å². The third-order valence-electron chi connectivity index (χ3n) is 3.03. The molecule has 2 rings (SSSR count). The van der Waals surface area contributed by atoms with Gasteiger partial charge in [0.1, 0.15) is 0 Å². The zero-order valence-electron chi connectivity index (χ0n) is 10.7. The second-order valence-electron chi connectivity index (χ2n) is 4.38. The number of aryl methyl sites for hydroxylation is 1. The monoisotopic (exact) mass is 339 g/mol. The summed E-state index contributed by atoms with van der Waals surface area (Å²) in [4.78, 5) is -0.266. The minimum atomic E-state index is -3.97. The summed E-state index contributed by atoms with van der Waals surface area (Å²) in [6.45, 7) is 2.76. The number of rotatable bonds is 3. The van der Waals surface area contributed by atoms with Gasteiger partial charge in [-0.05, 0) is 24.6 Å². The average Bonchev–Trinajstić information content (AvgIpc) is 2.38. The van der Waals surface area contributed by atoms with Crippen LogP contribution < -0.4 is 0 Å². The van der Waals surface area contributed by atoms with Crippen LogP contribution in [0.1, 0.15) is 5.56 Å². The lowest BCUT2D eigenvalue weighted by atomic mass is 10.2. The van der Waals surface area contributed by atoms with Gasteiger partial charge in [0, 0.05) is 23.8 Å². The summed E-state index contributed by atoms with van der Waals surface area (Å²) in [6, 6.07) is 3.82. The van der Waals surface area contributed by atoms with Crippen molar-refractivity contribution in [2.24, 2.45) is 0 Å². The number of nitrogens with zero attached hydrogens (tertiary/aromatic N) is 1. The molecule has 112 valence electrons. The first-order valence-corrected chi connectivity index (χ1v) is 9.61. The van der Waals surface area contributed by atoms with Gasteiger partial charge >= 0.3 is 0 Å².